The van der Waals surface area contributed by atoms with Crippen LogP contribution >= 0.6 is 0 Å². The zero-order valence-corrected chi connectivity index (χ0v) is 51.3. The maximum atomic E-state index is 12.9. The van der Waals surface area contributed by atoms with Gasteiger partial charge in [-0.05, 0) is 154 Å². The minimum absolute atomic E-state index is 0.116. The zero-order chi connectivity index (χ0) is 57.8. The molecule has 0 saturated heterocycles. The second kappa shape index (κ2) is 66.3. The van der Waals surface area contributed by atoms with Gasteiger partial charge in [-0.3, -0.25) is 14.4 Å². The number of allylic oxidation sites excluding steroid dienone is 28. The van der Waals surface area contributed by atoms with Crippen molar-refractivity contribution in [1.82, 2.24) is 0 Å². The summed E-state index contributed by atoms with van der Waals surface area (Å²) in [4.78, 5) is 38.3. The summed E-state index contributed by atoms with van der Waals surface area (Å²) in [7, 11) is 0. The van der Waals surface area contributed by atoms with Gasteiger partial charge in [0.25, 0.3) is 0 Å². The molecule has 80 heavy (non-hydrogen) atoms. The van der Waals surface area contributed by atoms with E-state index >= 15 is 0 Å². The van der Waals surface area contributed by atoms with Crippen molar-refractivity contribution in [2.24, 2.45) is 0 Å². The average molecular weight is 1100 g/mol. The van der Waals surface area contributed by atoms with Gasteiger partial charge in [0.15, 0.2) is 6.10 Å². The fraction of sp³-hybridized carbons (Fsp3) is 0.581. The highest BCUT2D eigenvalue weighted by Crippen LogP contribution is 2.13. The molecule has 0 saturated carbocycles. The number of carbonyl (C=O) groups excluding carboxylic acids is 3. The maximum absolute atomic E-state index is 12.9. The van der Waals surface area contributed by atoms with Gasteiger partial charge in [-0.2, -0.15) is 0 Å². The van der Waals surface area contributed by atoms with Crippen LogP contribution in [0.2, 0.25) is 0 Å². The molecule has 0 amide bonds. The molecule has 0 fully saturated rings. The third-order valence-corrected chi connectivity index (χ3v) is 12.9. The largest absolute Gasteiger partial charge is 0.462 e. The Labute approximate surface area is 492 Å². The summed E-state index contributed by atoms with van der Waals surface area (Å²) < 4.78 is 16.9. The second-order valence-corrected chi connectivity index (χ2v) is 20.5. The molecule has 0 bridgehead atoms. The molecule has 0 aliphatic carbocycles. The molecule has 0 heterocycles. The van der Waals surface area contributed by atoms with E-state index < -0.39 is 6.10 Å². The topological polar surface area (TPSA) is 78.9 Å². The molecular weight excluding hydrogens is 985 g/mol. The molecule has 1 atom stereocenters. The predicted octanol–water partition coefficient (Wildman–Crippen LogP) is 22.3. The lowest BCUT2D eigenvalue weighted by Crippen LogP contribution is -2.30. The number of ether oxygens (including phenoxy) is 3. The van der Waals surface area contributed by atoms with E-state index in [-0.39, 0.29) is 31.1 Å². The summed E-state index contributed by atoms with van der Waals surface area (Å²) in [6.45, 7) is 6.32. The van der Waals surface area contributed by atoms with Crippen LogP contribution in [0.25, 0.3) is 0 Å². The van der Waals surface area contributed by atoms with Crippen LogP contribution in [0.15, 0.2) is 170 Å². The summed E-state index contributed by atoms with van der Waals surface area (Å²) in [5.41, 5.74) is 0. The maximum Gasteiger partial charge on any atom is 0.306 e. The Hall–Kier alpha value is -5.23. The third kappa shape index (κ3) is 63.6. The SMILES string of the molecule is CC/C=C\C/C=C\C/C=C\C/C=C\C/C=C\C/C=C\C/C=C\C/C=C\CCCCCCC(=O)OCC(COC(=O)CCCC/C=C\C/C=C\C/C=C\C/C=C\CC)OC(=O)CCCCCCCCC/C=C\C/C=C\CCCCCC. The van der Waals surface area contributed by atoms with E-state index in [4.69, 9.17) is 14.2 Å². The normalized spacial score (nSPS) is 13.3. The van der Waals surface area contributed by atoms with Crippen LogP contribution in [0.5, 0.6) is 0 Å². The highest BCUT2D eigenvalue weighted by molar-refractivity contribution is 5.71. The molecule has 0 aromatic carbocycles. The van der Waals surface area contributed by atoms with Crippen LogP contribution in [0.3, 0.4) is 0 Å². The molecule has 0 spiro atoms. The second-order valence-electron chi connectivity index (χ2n) is 20.5. The zero-order valence-electron chi connectivity index (χ0n) is 51.3. The van der Waals surface area contributed by atoms with Gasteiger partial charge in [-0.25, -0.2) is 0 Å². The number of rotatable bonds is 56. The van der Waals surface area contributed by atoms with Gasteiger partial charge < -0.3 is 14.2 Å². The molecule has 6 heteroatoms. The Bertz CT molecular complexity index is 1840. The van der Waals surface area contributed by atoms with Gasteiger partial charge in [0.2, 0.25) is 0 Å². The Balaban J connectivity index is 4.48. The predicted molar refractivity (Wildman–Crippen MR) is 348 cm³/mol. The van der Waals surface area contributed by atoms with E-state index in [0.29, 0.717) is 25.7 Å². The van der Waals surface area contributed by atoms with Gasteiger partial charge in [0.1, 0.15) is 13.2 Å². The monoisotopic (exact) mass is 1100 g/mol. The van der Waals surface area contributed by atoms with Crippen molar-refractivity contribution in [3.63, 3.8) is 0 Å². The molecule has 0 aliphatic heterocycles. The lowest BCUT2D eigenvalue weighted by atomic mass is 10.1. The average Bonchev–Trinajstić information content (AvgIpc) is 3.46. The molecule has 448 valence electrons. The lowest BCUT2D eigenvalue weighted by Gasteiger charge is -2.18. The molecule has 0 rings (SSSR count). The van der Waals surface area contributed by atoms with Gasteiger partial charge in [0, 0.05) is 19.3 Å². The van der Waals surface area contributed by atoms with Crippen LogP contribution in [0.1, 0.15) is 258 Å². The van der Waals surface area contributed by atoms with Crippen molar-refractivity contribution in [2.45, 2.75) is 264 Å². The van der Waals surface area contributed by atoms with Gasteiger partial charge in [0.05, 0.1) is 0 Å². The van der Waals surface area contributed by atoms with E-state index in [1.807, 2.05) is 0 Å². The molecular formula is C74H116O6. The summed E-state index contributed by atoms with van der Waals surface area (Å²) in [6, 6.07) is 0. The first kappa shape index (κ1) is 74.8. The number of carbonyl (C=O) groups is 3. The highest BCUT2D eigenvalue weighted by Gasteiger charge is 2.19. The van der Waals surface area contributed by atoms with Crippen LogP contribution in [-0.2, 0) is 28.6 Å². The molecule has 0 aliphatic rings. The van der Waals surface area contributed by atoms with Crippen molar-refractivity contribution in [2.75, 3.05) is 13.2 Å². The summed E-state index contributed by atoms with van der Waals surface area (Å²) in [6.07, 6.45) is 97.8. The first-order valence-corrected chi connectivity index (χ1v) is 32.1. The van der Waals surface area contributed by atoms with E-state index in [0.717, 1.165) is 154 Å². The Morgan fingerprint density at radius 1 is 0.263 bits per heavy atom. The van der Waals surface area contributed by atoms with Crippen molar-refractivity contribution in [3.8, 4) is 0 Å². The molecule has 0 radical (unpaired) electrons. The fourth-order valence-electron chi connectivity index (χ4n) is 8.18. The number of unbranched alkanes of at least 4 members (excludes halogenated alkanes) is 17. The van der Waals surface area contributed by atoms with E-state index in [9.17, 15) is 14.4 Å². The Morgan fingerprint density at radius 2 is 0.487 bits per heavy atom. The summed E-state index contributed by atoms with van der Waals surface area (Å²) in [5, 5.41) is 0. The van der Waals surface area contributed by atoms with E-state index in [1.165, 1.54) is 57.8 Å². The summed E-state index contributed by atoms with van der Waals surface area (Å²) in [5.74, 6) is -0.993. The summed E-state index contributed by atoms with van der Waals surface area (Å²) >= 11 is 0. The minimum Gasteiger partial charge on any atom is -0.462 e. The highest BCUT2D eigenvalue weighted by atomic mass is 16.6. The quantitative estimate of drug-likeness (QED) is 0.0261. The van der Waals surface area contributed by atoms with Crippen LogP contribution < -0.4 is 0 Å². The number of hydrogen-bond donors (Lipinski definition) is 0. The minimum atomic E-state index is -0.821. The third-order valence-electron chi connectivity index (χ3n) is 12.9. The number of hydrogen-bond acceptors (Lipinski definition) is 6. The van der Waals surface area contributed by atoms with Crippen molar-refractivity contribution in [3.05, 3.63) is 170 Å². The van der Waals surface area contributed by atoms with Gasteiger partial charge in [-0.15, -0.1) is 0 Å². The molecule has 1 unspecified atom stereocenters. The molecule has 0 N–H and O–H groups in total. The van der Waals surface area contributed by atoms with Crippen molar-refractivity contribution >= 4 is 17.9 Å². The van der Waals surface area contributed by atoms with Crippen LogP contribution in [0, 0.1) is 0 Å². The first-order chi connectivity index (χ1) is 39.5. The molecule has 0 aromatic rings. The van der Waals surface area contributed by atoms with Gasteiger partial charge >= 0.3 is 17.9 Å². The van der Waals surface area contributed by atoms with Crippen molar-refractivity contribution < 1.29 is 28.6 Å². The Morgan fingerprint density at radius 3 is 0.787 bits per heavy atom. The van der Waals surface area contributed by atoms with E-state index in [1.54, 1.807) is 0 Å². The van der Waals surface area contributed by atoms with Gasteiger partial charge in [-0.1, -0.05) is 255 Å². The number of esters is 3. The Kier molecular flexibility index (Phi) is 61.9. The fourth-order valence-corrected chi connectivity index (χ4v) is 8.18. The van der Waals surface area contributed by atoms with Crippen LogP contribution in [-0.4, -0.2) is 37.2 Å². The van der Waals surface area contributed by atoms with Crippen molar-refractivity contribution in [1.29, 1.82) is 0 Å². The molecule has 6 nitrogen and oxygen atoms in total. The lowest BCUT2D eigenvalue weighted by molar-refractivity contribution is -0.167. The standard InChI is InChI=1S/C74H116O6/c1-4-7-10-13-16-19-22-25-28-30-32-33-34-35-36-37-38-39-40-41-42-44-46-49-52-55-58-61-64-67-73(76)79-70-71(69-78-72(75)66-63-60-57-54-51-48-45-27-24-21-18-15-12-9-6-3)80-74(77)68-65-62-59-56-53-50-47-43-31-29-26-23-20-17-14-11-8-5-2/h7,9-10,12,16,18-21,23,25,27-29,31-33,35-36,38-39,41-42,45-46,49,51,54,71H,4-6,8,11,13-15,17,22,24,26,30,34,37,40,43-44,47-48,50,52-53,55-70H2,1-3H3/b10-7-,12-9-,19-16-,21-18-,23-20-,28-25-,31-29-,33-32-,36-35-,39-38-,42-41-,45-27-,49-46-,54-51-. The molecule has 0 aromatic heterocycles. The first-order valence-electron chi connectivity index (χ1n) is 32.1. The van der Waals surface area contributed by atoms with E-state index in [2.05, 4.69) is 191 Å². The smallest absolute Gasteiger partial charge is 0.306 e. The van der Waals surface area contributed by atoms with Crippen LogP contribution in [0.4, 0.5) is 0 Å².